The van der Waals surface area contributed by atoms with Gasteiger partial charge < -0.3 is 4.57 Å². The third-order valence-electron chi connectivity index (χ3n) is 5.52. The fraction of sp³-hybridized carbons (Fsp3) is 0.526. The van der Waals surface area contributed by atoms with Crippen LogP contribution in [0.15, 0.2) is 41.3 Å². The third kappa shape index (κ3) is 4.12. The van der Waals surface area contributed by atoms with Crippen molar-refractivity contribution in [2.24, 2.45) is 11.8 Å². The summed E-state index contributed by atoms with van der Waals surface area (Å²) >= 11 is 0. The maximum atomic E-state index is 12.5. The van der Waals surface area contributed by atoms with Crippen LogP contribution in [0, 0.1) is 11.8 Å². The van der Waals surface area contributed by atoms with Crippen LogP contribution in [0.2, 0.25) is 0 Å². The number of aromatic nitrogens is 1. The number of nitrogens with one attached hydrogen (secondary N) is 1. The number of sulfonamides is 1. The van der Waals surface area contributed by atoms with Crippen molar-refractivity contribution in [1.82, 2.24) is 9.29 Å². The molecule has 1 saturated carbocycles. The minimum absolute atomic E-state index is 0.00192. The minimum Gasteiger partial charge on any atom is -0.314 e. The van der Waals surface area contributed by atoms with Gasteiger partial charge in [0.25, 0.3) is 5.56 Å². The summed E-state index contributed by atoms with van der Waals surface area (Å²) in [5.41, 5.74) is -0.145. The molecular formula is C19H26N2O3S. The number of rotatable bonds is 5. The van der Waals surface area contributed by atoms with Gasteiger partial charge in [-0.25, -0.2) is 13.1 Å². The van der Waals surface area contributed by atoms with Crippen molar-refractivity contribution in [3.8, 4) is 0 Å². The van der Waals surface area contributed by atoms with Gasteiger partial charge in [-0.2, -0.15) is 0 Å². The van der Waals surface area contributed by atoms with Gasteiger partial charge >= 0.3 is 0 Å². The molecule has 1 heterocycles. The van der Waals surface area contributed by atoms with Crippen LogP contribution in [0.25, 0.3) is 10.8 Å². The van der Waals surface area contributed by atoms with Crippen molar-refractivity contribution >= 4 is 20.8 Å². The molecule has 136 valence electrons. The molecule has 1 aliphatic carbocycles. The Hall–Kier alpha value is -1.66. The maximum absolute atomic E-state index is 12.5. The van der Waals surface area contributed by atoms with Gasteiger partial charge in [-0.15, -0.1) is 0 Å². The molecule has 3 rings (SSSR count). The van der Waals surface area contributed by atoms with E-state index in [2.05, 4.69) is 18.6 Å². The molecule has 1 fully saturated rings. The molecule has 5 nitrogen and oxygen atoms in total. The van der Waals surface area contributed by atoms with Gasteiger partial charge in [0.05, 0.1) is 5.75 Å². The highest BCUT2D eigenvalue weighted by Gasteiger charge is 2.30. The first-order chi connectivity index (χ1) is 11.9. The minimum atomic E-state index is -3.42. The summed E-state index contributed by atoms with van der Waals surface area (Å²) in [6.07, 6.45) is 4.78. The van der Waals surface area contributed by atoms with E-state index >= 15 is 0 Å². The summed E-state index contributed by atoms with van der Waals surface area (Å²) in [6.45, 7) is 4.46. The van der Waals surface area contributed by atoms with E-state index < -0.39 is 10.0 Å². The largest absolute Gasteiger partial charge is 0.314 e. The molecule has 3 unspecified atom stereocenters. The molecule has 1 aromatic carbocycles. The molecule has 0 radical (unpaired) electrons. The van der Waals surface area contributed by atoms with E-state index in [4.69, 9.17) is 0 Å². The molecule has 1 aliphatic rings. The second-order valence-corrected chi connectivity index (χ2v) is 9.09. The van der Waals surface area contributed by atoms with Gasteiger partial charge in [0.1, 0.15) is 0 Å². The molecule has 0 saturated heterocycles. The van der Waals surface area contributed by atoms with Gasteiger partial charge in [0.2, 0.25) is 10.0 Å². The number of hydrogen-bond donors (Lipinski definition) is 1. The van der Waals surface area contributed by atoms with Crippen LogP contribution in [0.4, 0.5) is 0 Å². The summed E-state index contributed by atoms with van der Waals surface area (Å²) < 4.78 is 29.3. The van der Waals surface area contributed by atoms with Crippen molar-refractivity contribution in [2.75, 3.05) is 5.75 Å². The topological polar surface area (TPSA) is 68.2 Å². The highest BCUT2D eigenvalue weighted by molar-refractivity contribution is 7.89. The number of nitrogens with zero attached hydrogens (tertiary/aromatic N) is 1. The second-order valence-electron chi connectivity index (χ2n) is 7.21. The second kappa shape index (κ2) is 7.30. The van der Waals surface area contributed by atoms with Crippen LogP contribution in [0.1, 0.15) is 33.1 Å². The van der Waals surface area contributed by atoms with Gasteiger partial charge in [0.15, 0.2) is 0 Å². The van der Waals surface area contributed by atoms with Crippen LogP contribution in [-0.2, 0) is 16.6 Å². The Morgan fingerprint density at radius 2 is 1.92 bits per heavy atom. The summed E-state index contributed by atoms with van der Waals surface area (Å²) in [4.78, 5) is 12.5. The van der Waals surface area contributed by atoms with Crippen LogP contribution in [-0.4, -0.2) is 24.8 Å². The first kappa shape index (κ1) is 18.1. The molecule has 0 spiro atoms. The molecule has 25 heavy (non-hydrogen) atoms. The van der Waals surface area contributed by atoms with Gasteiger partial charge in [0, 0.05) is 24.2 Å². The zero-order chi connectivity index (χ0) is 18.0. The van der Waals surface area contributed by atoms with E-state index in [0.29, 0.717) is 17.2 Å². The van der Waals surface area contributed by atoms with Crippen LogP contribution in [0.3, 0.4) is 0 Å². The van der Waals surface area contributed by atoms with Crippen LogP contribution < -0.4 is 10.3 Å². The number of pyridine rings is 1. The molecule has 1 aromatic heterocycles. The van der Waals surface area contributed by atoms with Crippen LogP contribution >= 0.6 is 0 Å². The normalized spacial score (nSPS) is 24.5. The molecule has 1 N–H and O–H groups in total. The van der Waals surface area contributed by atoms with E-state index in [0.717, 1.165) is 24.6 Å². The van der Waals surface area contributed by atoms with Crippen molar-refractivity contribution in [1.29, 1.82) is 0 Å². The standard InChI is InChI=1S/C19H26N2O3S/c1-14-6-5-9-18(15(14)2)20-25(23,24)13-12-21-11-10-16-7-3-4-8-17(16)19(21)22/h3-4,7-8,10-11,14-15,18,20H,5-6,9,12-13H2,1-2H3. The lowest BCUT2D eigenvalue weighted by Gasteiger charge is -2.34. The Labute approximate surface area is 149 Å². The van der Waals surface area contributed by atoms with Gasteiger partial charge in [-0.1, -0.05) is 44.9 Å². The molecular weight excluding hydrogens is 336 g/mol. The lowest BCUT2D eigenvalue weighted by molar-refractivity contribution is 0.227. The molecule has 2 aromatic rings. The number of hydrogen-bond acceptors (Lipinski definition) is 3. The summed E-state index contributed by atoms with van der Waals surface area (Å²) in [6, 6.07) is 9.20. The lowest BCUT2D eigenvalue weighted by Crippen LogP contribution is -2.45. The average Bonchev–Trinajstić information content (AvgIpc) is 2.58. The summed E-state index contributed by atoms with van der Waals surface area (Å²) in [5, 5.41) is 1.49. The van der Waals surface area contributed by atoms with Crippen molar-refractivity contribution in [3.63, 3.8) is 0 Å². The summed E-state index contributed by atoms with van der Waals surface area (Å²) in [7, 11) is -3.42. The molecule has 0 bridgehead atoms. The Balaban J connectivity index is 1.70. The molecule has 3 atom stereocenters. The molecule has 0 amide bonds. The average molecular weight is 362 g/mol. The monoisotopic (exact) mass is 362 g/mol. The van der Waals surface area contributed by atoms with Crippen molar-refractivity contribution in [3.05, 3.63) is 46.9 Å². The third-order valence-corrected chi connectivity index (χ3v) is 6.91. The zero-order valence-corrected chi connectivity index (χ0v) is 15.6. The Morgan fingerprint density at radius 1 is 1.16 bits per heavy atom. The quantitative estimate of drug-likeness (QED) is 0.889. The van der Waals surface area contributed by atoms with E-state index in [-0.39, 0.29) is 23.9 Å². The summed E-state index contributed by atoms with van der Waals surface area (Å²) in [5.74, 6) is 0.791. The first-order valence-corrected chi connectivity index (χ1v) is 10.6. The van der Waals surface area contributed by atoms with E-state index in [9.17, 15) is 13.2 Å². The first-order valence-electron chi connectivity index (χ1n) is 8.95. The number of fused-ring (bicyclic) bond motifs is 1. The fourth-order valence-corrected chi connectivity index (χ4v) is 5.01. The van der Waals surface area contributed by atoms with E-state index in [1.54, 1.807) is 12.3 Å². The highest BCUT2D eigenvalue weighted by atomic mass is 32.2. The van der Waals surface area contributed by atoms with Gasteiger partial charge in [-0.3, -0.25) is 4.79 Å². The van der Waals surface area contributed by atoms with E-state index in [1.807, 2.05) is 24.3 Å². The zero-order valence-electron chi connectivity index (χ0n) is 14.8. The maximum Gasteiger partial charge on any atom is 0.258 e. The molecule has 6 heteroatoms. The Bertz CT molecular complexity index is 904. The number of benzene rings is 1. The smallest absolute Gasteiger partial charge is 0.258 e. The highest BCUT2D eigenvalue weighted by Crippen LogP contribution is 2.29. The predicted octanol–water partition coefficient (Wildman–Crippen LogP) is 2.75. The van der Waals surface area contributed by atoms with Crippen LogP contribution in [0.5, 0.6) is 0 Å². The Kier molecular flexibility index (Phi) is 5.29. The number of aryl methyl sites for hydroxylation is 1. The predicted molar refractivity (Wildman–Crippen MR) is 101 cm³/mol. The SMILES string of the molecule is CC1CCCC(NS(=O)(=O)CCn2ccc3ccccc3c2=O)C1C. The Morgan fingerprint density at radius 3 is 2.72 bits per heavy atom. The lowest BCUT2D eigenvalue weighted by atomic mass is 9.78. The fourth-order valence-electron chi connectivity index (χ4n) is 3.66. The van der Waals surface area contributed by atoms with Gasteiger partial charge in [-0.05, 0) is 35.8 Å². The van der Waals surface area contributed by atoms with Crippen molar-refractivity contribution in [2.45, 2.75) is 45.7 Å². The molecule has 0 aliphatic heterocycles. The van der Waals surface area contributed by atoms with E-state index in [1.165, 1.54) is 4.57 Å². The van der Waals surface area contributed by atoms with Crippen molar-refractivity contribution < 1.29 is 8.42 Å².